The van der Waals surface area contributed by atoms with Crippen molar-refractivity contribution in [1.82, 2.24) is 9.36 Å². The van der Waals surface area contributed by atoms with Crippen molar-refractivity contribution in [3.05, 3.63) is 182 Å². The van der Waals surface area contributed by atoms with Crippen molar-refractivity contribution in [2.24, 2.45) is 0 Å². The van der Waals surface area contributed by atoms with E-state index in [0.717, 1.165) is 66.9 Å². The van der Waals surface area contributed by atoms with E-state index in [-0.39, 0.29) is 0 Å². The number of para-hydroxylation sites is 5. The van der Waals surface area contributed by atoms with Gasteiger partial charge in [0, 0.05) is 22.5 Å². The molecule has 0 bridgehead atoms. The Morgan fingerprint density at radius 3 is 1.37 bits per heavy atom. The van der Waals surface area contributed by atoms with Gasteiger partial charge in [-0.15, -0.1) is 0 Å². The number of aromatic nitrogens is 2. The Morgan fingerprint density at radius 2 is 0.804 bits per heavy atom. The average Bonchev–Trinajstić information content (AvgIpc) is 3.69. The van der Waals surface area contributed by atoms with Crippen LogP contribution in [0.5, 0.6) is 0 Å². The van der Waals surface area contributed by atoms with Gasteiger partial charge < -0.3 is 9.80 Å². The molecule has 9 aromatic rings. The highest BCUT2D eigenvalue weighted by Gasteiger charge is 2.30. The van der Waals surface area contributed by atoms with E-state index in [0.29, 0.717) is 0 Å². The van der Waals surface area contributed by atoms with Crippen LogP contribution in [0.4, 0.5) is 34.1 Å². The number of hydrogen-bond acceptors (Lipinski definition) is 5. The summed E-state index contributed by atoms with van der Waals surface area (Å²) in [6, 6.07) is 64.5. The Labute approximate surface area is 300 Å². The summed E-state index contributed by atoms with van der Waals surface area (Å²) in [5, 5.41) is 5.58. The van der Waals surface area contributed by atoms with E-state index in [1.165, 1.54) is 33.4 Å². The van der Waals surface area contributed by atoms with Gasteiger partial charge in [-0.3, -0.25) is 0 Å². The first-order valence-corrected chi connectivity index (χ1v) is 17.9. The second-order valence-corrected chi connectivity index (χ2v) is 13.4. The third kappa shape index (κ3) is 4.82. The summed E-state index contributed by atoms with van der Waals surface area (Å²) >= 11 is 1.45. The second-order valence-electron chi connectivity index (χ2n) is 12.7. The van der Waals surface area contributed by atoms with Crippen LogP contribution in [-0.2, 0) is 0 Å². The molecule has 0 aliphatic carbocycles. The molecule has 1 aromatic heterocycles. The van der Waals surface area contributed by atoms with E-state index in [1.807, 2.05) is 0 Å². The summed E-state index contributed by atoms with van der Waals surface area (Å²) in [5.41, 5.74) is 11.2. The van der Waals surface area contributed by atoms with E-state index in [9.17, 15) is 0 Å². The number of rotatable bonds is 5. The highest BCUT2D eigenvalue weighted by atomic mass is 32.1. The van der Waals surface area contributed by atoms with Crippen molar-refractivity contribution in [3.63, 3.8) is 0 Å². The molecule has 0 radical (unpaired) electrons. The first-order valence-electron chi connectivity index (χ1n) is 17.1. The van der Waals surface area contributed by atoms with Crippen LogP contribution in [0.2, 0.25) is 0 Å². The van der Waals surface area contributed by atoms with E-state index < -0.39 is 0 Å². The molecule has 0 fully saturated rings. The fourth-order valence-electron chi connectivity index (χ4n) is 7.58. The molecule has 240 valence electrons. The molecule has 5 heteroatoms. The largest absolute Gasteiger partial charge is 0.306 e. The average molecular weight is 671 g/mol. The lowest BCUT2D eigenvalue weighted by molar-refractivity contribution is 1.17. The summed E-state index contributed by atoms with van der Waals surface area (Å²) in [7, 11) is 0. The lowest BCUT2D eigenvalue weighted by Gasteiger charge is -2.40. The number of nitrogens with zero attached hydrogens (tertiary/aromatic N) is 4. The third-order valence-corrected chi connectivity index (χ3v) is 10.5. The smallest absolute Gasteiger partial charge is 0.174 e. The molecule has 51 heavy (non-hydrogen) atoms. The van der Waals surface area contributed by atoms with Crippen LogP contribution < -0.4 is 9.80 Å². The molecule has 4 nitrogen and oxygen atoms in total. The minimum atomic E-state index is 0.750. The van der Waals surface area contributed by atoms with Gasteiger partial charge in [0.25, 0.3) is 0 Å². The Balaban J connectivity index is 1.10. The van der Waals surface area contributed by atoms with Crippen molar-refractivity contribution in [2.75, 3.05) is 9.80 Å². The molecule has 0 N–H and O–H groups in total. The Bertz CT molecular complexity index is 2620. The lowest BCUT2D eigenvalue weighted by atomic mass is 9.88. The quantitative estimate of drug-likeness (QED) is 0.171. The molecule has 0 amide bonds. The normalized spacial score (nSPS) is 12.2. The van der Waals surface area contributed by atoms with Gasteiger partial charge in [0.15, 0.2) is 5.82 Å². The fourth-order valence-corrected chi connectivity index (χ4v) is 8.25. The van der Waals surface area contributed by atoms with Crippen LogP contribution in [0.15, 0.2) is 182 Å². The van der Waals surface area contributed by atoms with Gasteiger partial charge in [-0.25, -0.2) is 4.98 Å². The topological polar surface area (TPSA) is 32.3 Å². The highest BCUT2D eigenvalue weighted by molar-refractivity contribution is 7.09. The SMILES string of the molecule is c1ccc(-c2c3ccccc3c(-c3nsc(-c4cccc(N5c6ccccc6N(c6ccccc6)c6ccccc65)c4)n3)c3ccccc23)cc1. The van der Waals surface area contributed by atoms with Crippen LogP contribution in [0.1, 0.15) is 0 Å². The number of fused-ring (bicyclic) bond motifs is 4. The Kier molecular flexibility index (Phi) is 6.96. The number of benzene rings is 8. The third-order valence-electron chi connectivity index (χ3n) is 9.74. The summed E-state index contributed by atoms with van der Waals surface area (Å²) in [4.78, 5) is 9.97. The van der Waals surface area contributed by atoms with E-state index >= 15 is 0 Å². The van der Waals surface area contributed by atoms with Gasteiger partial charge in [-0.2, -0.15) is 4.37 Å². The van der Waals surface area contributed by atoms with Crippen molar-refractivity contribution >= 4 is 67.2 Å². The zero-order valence-electron chi connectivity index (χ0n) is 27.5. The van der Waals surface area contributed by atoms with Crippen LogP contribution in [0, 0.1) is 0 Å². The molecule has 10 rings (SSSR count). The Morgan fingerprint density at radius 1 is 0.373 bits per heavy atom. The maximum absolute atomic E-state index is 5.26. The molecule has 0 spiro atoms. The van der Waals surface area contributed by atoms with Gasteiger partial charge in [-0.1, -0.05) is 133 Å². The molecule has 1 aliphatic rings. The summed E-state index contributed by atoms with van der Waals surface area (Å²) in [6.45, 7) is 0. The first kappa shape index (κ1) is 29.4. The molecular formula is C46H30N4S. The van der Waals surface area contributed by atoms with E-state index in [1.54, 1.807) is 0 Å². The monoisotopic (exact) mass is 670 g/mol. The first-order chi connectivity index (χ1) is 25.3. The van der Waals surface area contributed by atoms with Crippen molar-refractivity contribution < 1.29 is 0 Å². The molecular weight excluding hydrogens is 641 g/mol. The predicted molar refractivity (Wildman–Crippen MR) is 214 cm³/mol. The number of hydrogen-bond donors (Lipinski definition) is 0. The van der Waals surface area contributed by atoms with E-state index in [4.69, 9.17) is 9.36 Å². The van der Waals surface area contributed by atoms with Gasteiger partial charge in [-0.05, 0) is 92.7 Å². The Hall–Kier alpha value is -6.56. The van der Waals surface area contributed by atoms with Crippen LogP contribution >= 0.6 is 11.5 Å². The van der Waals surface area contributed by atoms with Gasteiger partial charge >= 0.3 is 0 Å². The van der Waals surface area contributed by atoms with Crippen molar-refractivity contribution in [1.29, 1.82) is 0 Å². The minimum absolute atomic E-state index is 0.750. The zero-order chi connectivity index (χ0) is 33.7. The van der Waals surface area contributed by atoms with Crippen molar-refractivity contribution in [2.45, 2.75) is 0 Å². The molecule has 0 atom stereocenters. The van der Waals surface area contributed by atoms with Gasteiger partial charge in [0.05, 0.1) is 22.7 Å². The number of anilines is 6. The fraction of sp³-hybridized carbons (Fsp3) is 0. The summed E-state index contributed by atoms with van der Waals surface area (Å²) in [5.74, 6) is 0.750. The molecule has 0 saturated heterocycles. The van der Waals surface area contributed by atoms with Crippen LogP contribution in [0.3, 0.4) is 0 Å². The highest BCUT2D eigenvalue weighted by Crippen LogP contribution is 2.54. The maximum atomic E-state index is 5.26. The second kappa shape index (κ2) is 12.1. The van der Waals surface area contributed by atoms with Crippen LogP contribution in [0.25, 0.3) is 54.6 Å². The summed E-state index contributed by atoms with van der Waals surface area (Å²) < 4.78 is 5.03. The molecule has 0 unspecified atom stereocenters. The maximum Gasteiger partial charge on any atom is 0.174 e. The summed E-state index contributed by atoms with van der Waals surface area (Å²) in [6.07, 6.45) is 0. The predicted octanol–water partition coefficient (Wildman–Crippen LogP) is 13.1. The van der Waals surface area contributed by atoms with Gasteiger partial charge in [0.1, 0.15) is 5.01 Å². The molecule has 1 aliphatic heterocycles. The zero-order valence-corrected chi connectivity index (χ0v) is 28.3. The van der Waals surface area contributed by atoms with Gasteiger partial charge in [0.2, 0.25) is 0 Å². The van der Waals surface area contributed by atoms with Crippen LogP contribution in [-0.4, -0.2) is 9.36 Å². The lowest BCUT2D eigenvalue weighted by Crippen LogP contribution is -2.23. The van der Waals surface area contributed by atoms with E-state index in [2.05, 4.69) is 192 Å². The molecule has 2 heterocycles. The standard InChI is InChI=1S/C46H30N4S/c1-3-16-31(17-4-1)43-35-22-7-9-24-37(35)44(38-25-10-8-23-36(38)43)45-47-46(51-48-45)32-18-15-21-34(30-32)50-41-28-13-11-26-39(41)49(33-19-5-2-6-20-33)40-27-12-14-29-42(40)50/h1-30H. The molecule has 0 saturated carbocycles. The minimum Gasteiger partial charge on any atom is -0.306 e. The molecule has 8 aromatic carbocycles. The van der Waals surface area contributed by atoms with Crippen molar-refractivity contribution in [3.8, 4) is 33.1 Å².